The third kappa shape index (κ3) is 3.94. The third-order valence-electron chi connectivity index (χ3n) is 4.06. The summed E-state index contributed by atoms with van der Waals surface area (Å²) < 4.78 is 0. The number of nitro benzene ring substituents is 1. The minimum Gasteiger partial charge on any atom is -0.339 e. The van der Waals surface area contributed by atoms with Gasteiger partial charge in [0.25, 0.3) is 5.69 Å². The molecule has 5 heteroatoms. The van der Waals surface area contributed by atoms with Crippen LogP contribution in [0.2, 0.25) is 0 Å². The van der Waals surface area contributed by atoms with Crippen molar-refractivity contribution in [3.63, 3.8) is 0 Å². The molecule has 2 rings (SSSR count). The van der Waals surface area contributed by atoms with Crippen LogP contribution in [0.4, 0.5) is 5.69 Å². The summed E-state index contributed by atoms with van der Waals surface area (Å²) in [5, 5.41) is 11.0. The summed E-state index contributed by atoms with van der Waals surface area (Å²) >= 11 is 0. The molecule has 0 aromatic heterocycles. The normalized spacial score (nSPS) is 11.8. The van der Waals surface area contributed by atoms with Crippen LogP contribution in [0.3, 0.4) is 0 Å². The summed E-state index contributed by atoms with van der Waals surface area (Å²) in [4.78, 5) is 24.7. The Morgan fingerprint density at radius 2 is 1.78 bits per heavy atom. The van der Waals surface area contributed by atoms with Crippen LogP contribution < -0.4 is 0 Å². The standard InChI is InChI=1S/C18H20N2O3/c1-13-8-10-15(11-9-13)14(2)19(3)18(21)12-16-6-4-5-7-17(16)20(22)23/h4-11,14H,12H2,1-3H3. The second-order valence-electron chi connectivity index (χ2n) is 5.65. The van der Waals surface area contributed by atoms with E-state index < -0.39 is 4.92 Å². The molecule has 23 heavy (non-hydrogen) atoms. The van der Waals surface area contributed by atoms with Crippen molar-refractivity contribution in [1.82, 2.24) is 4.90 Å². The fraction of sp³-hybridized carbons (Fsp3) is 0.278. The van der Waals surface area contributed by atoms with Gasteiger partial charge in [0.1, 0.15) is 0 Å². The highest BCUT2D eigenvalue weighted by atomic mass is 16.6. The van der Waals surface area contributed by atoms with Crippen molar-refractivity contribution in [2.75, 3.05) is 7.05 Å². The van der Waals surface area contributed by atoms with Crippen molar-refractivity contribution in [3.8, 4) is 0 Å². The maximum absolute atomic E-state index is 12.5. The van der Waals surface area contributed by atoms with Crippen molar-refractivity contribution in [1.29, 1.82) is 0 Å². The van der Waals surface area contributed by atoms with E-state index in [-0.39, 0.29) is 24.1 Å². The van der Waals surface area contributed by atoms with Gasteiger partial charge in [-0.1, -0.05) is 48.0 Å². The minimum atomic E-state index is -0.452. The number of benzene rings is 2. The summed E-state index contributed by atoms with van der Waals surface area (Å²) in [6.45, 7) is 3.96. The number of carbonyl (C=O) groups excluding carboxylic acids is 1. The lowest BCUT2D eigenvalue weighted by Crippen LogP contribution is -2.31. The van der Waals surface area contributed by atoms with Gasteiger partial charge in [-0.3, -0.25) is 14.9 Å². The zero-order valence-electron chi connectivity index (χ0n) is 13.5. The highest BCUT2D eigenvalue weighted by Crippen LogP contribution is 2.23. The van der Waals surface area contributed by atoms with Gasteiger partial charge in [0.15, 0.2) is 0 Å². The smallest absolute Gasteiger partial charge is 0.273 e. The highest BCUT2D eigenvalue weighted by molar-refractivity contribution is 5.80. The maximum Gasteiger partial charge on any atom is 0.273 e. The number of nitro groups is 1. The van der Waals surface area contributed by atoms with Crippen LogP contribution >= 0.6 is 0 Å². The predicted octanol–water partition coefficient (Wildman–Crippen LogP) is 3.67. The first-order chi connectivity index (χ1) is 10.9. The average Bonchev–Trinajstić information content (AvgIpc) is 2.54. The van der Waals surface area contributed by atoms with E-state index in [1.807, 2.05) is 38.1 Å². The molecule has 2 aromatic carbocycles. The van der Waals surface area contributed by atoms with Crippen LogP contribution in [0.15, 0.2) is 48.5 Å². The van der Waals surface area contributed by atoms with E-state index in [1.54, 1.807) is 30.1 Å². The number of aryl methyl sites for hydroxylation is 1. The van der Waals surface area contributed by atoms with Crippen molar-refractivity contribution in [3.05, 3.63) is 75.3 Å². The Bertz CT molecular complexity index is 710. The number of rotatable bonds is 5. The van der Waals surface area contributed by atoms with Gasteiger partial charge >= 0.3 is 0 Å². The summed E-state index contributed by atoms with van der Waals surface area (Å²) in [5.74, 6) is -0.146. The zero-order chi connectivity index (χ0) is 17.0. The number of likely N-dealkylation sites (N-methyl/N-ethyl adjacent to an activating group) is 1. The van der Waals surface area contributed by atoms with Crippen molar-refractivity contribution < 1.29 is 9.72 Å². The molecule has 1 amide bonds. The molecule has 0 N–H and O–H groups in total. The van der Waals surface area contributed by atoms with Gasteiger partial charge in [-0.25, -0.2) is 0 Å². The minimum absolute atomic E-state index is 0.0164. The number of carbonyl (C=O) groups is 1. The van der Waals surface area contributed by atoms with Gasteiger partial charge in [-0.05, 0) is 19.4 Å². The third-order valence-corrected chi connectivity index (χ3v) is 4.06. The van der Waals surface area contributed by atoms with Gasteiger partial charge in [0.2, 0.25) is 5.91 Å². The number of hydrogen-bond acceptors (Lipinski definition) is 3. The molecule has 0 spiro atoms. The van der Waals surface area contributed by atoms with E-state index in [4.69, 9.17) is 0 Å². The lowest BCUT2D eigenvalue weighted by atomic mass is 10.0. The Kier molecular flexibility index (Phi) is 5.11. The first-order valence-corrected chi connectivity index (χ1v) is 7.44. The summed E-state index contributed by atoms with van der Waals surface area (Å²) in [5.41, 5.74) is 2.62. The second kappa shape index (κ2) is 7.05. The quantitative estimate of drug-likeness (QED) is 0.625. The molecule has 0 radical (unpaired) electrons. The van der Waals surface area contributed by atoms with Gasteiger partial charge < -0.3 is 4.90 Å². The molecule has 1 atom stereocenters. The van der Waals surface area contributed by atoms with Crippen molar-refractivity contribution in [2.45, 2.75) is 26.3 Å². The van der Waals surface area contributed by atoms with Crippen LogP contribution in [-0.2, 0) is 11.2 Å². The number of amides is 1. The lowest BCUT2D eigenvalue weighted by Gasteiger charge is -2.25. The number of nitrogens with zero attached hydrogens (tertiary/aromatic N) is 2. The molecular weight excluding hydrogens is 292 g/mol. The fourth-order valence-corrected chi connectivity index (χ4v) is 2.41. The topological polar surface area (TPSA) is 63.5 Å². The Labute approximate surface area is 135 Å². The SMILES string of the molecule is Cc1ccc(C(C)N(C)C(=O)Cc2ccccc2[N+](=O)[O-])cc1. The van der Waals surface area contributed by atoms with E-state index in [2.05, 4.69) is 0 Å². The molecule has 120 valence electrons. The second-order valence-corrected chi connectivity index (χ2v) is 5.65. The Balaban J connectivity index is 2.14. The van der Waals surface area contributed by atoms with Crippen molar-refractivity contribution in [2.24, 2.45) is 0 Å². The Morgan fingerprint density at radius 3 is 2.39 bits per heavy atom. The first kappa shape index (κ1) is 16.7. The van der Waals surface area contributed by atoms with Gasteiger partial charge in [-0.15, -0.1) is 0 Å². The van der Waals surface area contributed by atoms with Crippen LogP contribution in [0.5, 0.6) is 0 Å². The largest absolute Gasteiger partial charge is 0.339 e. The molecule has 0 aliphatic rings. The molecule has 1 unspecified atom stereocenters. The summed E-state index contributed by atoms with van der Waals surface area (Å²) in [6, 6.07) is 14.3. The first-order valence-electron chi connectivity index (χ1n) is 7.44. The van der Waals surface area contributed by atoms with Crippen LogP contribution in [-0.4, -0.2) is 22.8 Å². The zero-order valence-corrected chi connectivity index (χ0v) is 13.5. The molecule has 0 aliphatic carbocycles. The Hall–Kier alpha value is -2.69. The van der Waals surface area contributed by atoms with E-state index in [9.17, 15) is 14.9 Å². The number of para-hydroxylation sites is 1. The fourth-order valence-electron chi connectivity index (χ4n) is 2.41. The maximum atomic E-state index is 12.5. The molecule has 0 saturated carbocycles. The highest BCUT2D eigenvalue weighted by Gasteiger charge is 2.21. The molecule has 2 aromatic rings. The number of hydrogen-bond donors (Lipinski definition) is 0. The van der Waals surface area contributed by atoms with E-state index in [0.717, 1.165) is 11.1 Å². The molecule has 0 bridgehead atoms. The lowest BCUT2D eigenvalue weighted by molar-refractivity contribution is -0.385. The molecule has 0 fully saturated rings. The molecule has 0 heterocycles. The van der Waals surface area contributed by atoms with Crippen LogP contribution in [0.1, 0.15) is 29.7 Å². The van der Waals surface area contributed by atoms with E-state index in [0.29, 0.717) is 5.56 Å². The van der Waals surface area contributed by atoms with Crippen molar-refractivity contribution >= 4 is 11.6 Å². The summed E-state index contributed by atoms with van der Waals surface area (Å²) in [7, 11) is 1.72. The molecular formula is C18H20N2O3. The predicted molar refractivity (Wildman–Crippen MR) is 89.2 cm³/mol. The van der Waals surface area contributed by atoms with Gasteiger partial charge in [-0.2, -0.15) is 0 Å². The van der Waals surface area contributed by atoms with E-state index >= 15 is 0 Å². The molecule has 0 aliphatic heterocycles. The van der Waals surface area contributed by atoms with Crippen LogP contribution in [0, 0.1) is 17.0 Å². The average molecular weight is 312 g/mol. The monoisotopic (exact) mass is 312 g/mol. The Morgan fingerprint density at radius 1 is 1.17 bits per heavy atom. The van der Waals surface area contributed by atoms with E-state index in [1.165, 1.54) is 6.07 Å². The van der Waals surface area contributed by atoms with Gasteiger partial charge in [0, 0.05) is 18.7 Å². The molecule has 5 nitrogen and oxygen atoms in total. The molecule has 0 saturated heterocycles. The summed E-state index contributed by atoms with van der Waals surface area (Å²) in [6.07, 6.45) is 0.0177. The van der Waals surface area contributed by atoms with Gasteiger partial charge in [0.05, 0.1) is 17.4 Å². The van der Waals surface area contributed by atoms with Crippen LogP contribution in [0.25, 0.3) is 0 Å².